The van der Waals surface area contributed by atoms with Gasteiger partial charge in [0, 0.05) is 49.3 Å². The maximum Gasteiger partial charge on any atom is 0.167 e. The Hall–Kier alpha value is -7.63. The van der Waals surface area contributed by atoms with Gasteiger partial charge in [-0.15, -0.1) is 0 Å². The molecule has 0 bridgehead atoms. The van der Waals surface area contributed by atoms with Gasteiger partial charge < -0.3 is 8.98 Å². The fourth-order valence-electron chi connectivity index (χ4n) is 9.39. The van der Waals surface area contributed by atoms with Crippen molar-refractivity contribution in [2.45, 2.75) is 19.3 Å². The Balaban J connectivity index is 1.07. The number of benzene rings is 8. The van der Waals surface area contributed by atoms with Crippen molar-refractivity contribution in [2.75, 3.05) is 0 Å². The lowest BCUT2D eigenvalue weighted by Gasteiger charge is -2.21. The Labute approximate surface area is 340 Å². The van der Waals surface area contributed by atoms with Crippen molar-refractivity contribution in [3.63, 3.8) is 0 Å². The van der Waals surface area contributed by atoms with Crippen molar-refractivity contribution in [2.24, 2.45) is 0 Å². The molecule has 12 rings (SSSR count). The summed E-state index contributed by atoms with van der Waals surface area (Å²) in [5.74, 6) is 1.80. The van der Waals surface area contributed by atoms with Crippen LogP contribution in [0.4, 0.5) is 0 Å². The number of fused-ring (bicyclic) bond motifs is 9. The number of hydrogen-bond acceptors (Lipinski definition) is 4. The van der Waals surface area contributed by atoms with E-state index in [1.807, 2.05) is 66.7 Å². The van der Waals surface area contributed by atoms with E-state index in [1.54, 1.807) is 0 Å². The predicted molar refractivity (Wildman–Crippen MR) is 241 cm³/mol. The molecule has 8 aromatic carbocycles. The zero-order valence-electron chi connectivity index (χ0n) is 32.5. The molecule has 0 N–H and O–H groups in total. The van der Waals surface area contributed by atoms with Crippen LogP contribution >= 0.6 is 0 Å². The van der Waals surface area contributed by atoms with Crippen molar-refractivity contribution in [1.29, 1.82) is 0 Å². The summed E-state index contributed by atoms with van der Waals surface area (Å²) >= 11 is 0. The number of furan rings is 1. The van der Waals surface area contributed by atoms with Crippen LogP contribution in [0.5, 0.6) is 0 Å². The monoisotopic (exact) mass is 756 g/mol. The molecule has 0 atom stereocenters. The summed E-state index contributed by atoms with van der Waals surface area (Å²) in [5.41, 5.74) is 15.1. The Morgan fingerprint density at radius 3 is 1.64 bits per heavy atom. The van der Waals surface area contributed by atoms with E-state index in [-0.39, 0.29) is 5.41 Å². The van der Waals surface area contributed by atoms with E-state index < -0.39 is 0 Å². The summed E-state index contributed by atoms with van der Waals surface area (Å²) in [5, 5.41) is 4.50. The second-order valence-corrected chi connectivity index (χ2v) is 16.0. The third-order valence-electron chi connectivity index (χ3n) is 12.3. The van der Waals surface area contributed by atoms with E-state index in [9.17, 15) is 0 Å². The van der Waals surface area contributed by atoms with Gasteiger partial charge in [0.15, 0.2) is 17.5 Å². The van der Waals surface area contributed by atoms with Crippen molar-refractivity contribution < 1.29 is 4.42 Å². The average molecular weight is 757 g/mol. The Morgan fingerprint density at radius 2 is 0.949 bits per heavy atom. The molecule has 0 spiro atoms. The van der Waals surface area contributed by atoms with Gasteiger partial charge in [-0.25, -0.2) is 15.0 Å². The molecule has 0 radical (unpaired) electrons. The van der Waals surface area contributed by atoms with E-state index >= 15 is 0 Å². The smallest absolute Gasteiger partial charge is 0.167 e. The second kappa shape index (κ2) is 12.7. The zero-order chi connectivity index (χ0) is 39.2. The van der Waals surface area contributed by atoms with E-state index in [0.717, 1.165) is 55.4 Å². The molecule has 0 amide bonds. The molecule has 3 aromatic heterocycles. The summed E-state index contributed by atoms with van der Waals surface area (Å²) < 4.78 is 9.42. The molecule has 1 aliphatic rings. The van der Waals surface area contributed by atoms with E-state index in [0.29, 0.717) is 17.5 Å². The van der Waals surface area contributed by atoms with Crippen LogP contribution in [0.2, 0.25) is 0 Å². The van der Waals surface area contributed by atoms with Gasteiger partial charge in [-0.2, -0.15) is 0 Å². The fraction of sp³-hybridized carbons (Fsp3) is 0.0556. The molecule has 11 aromatic rings. The lowest BCUT2D eigenvalue weighted by molar-refractivity contribution is 0.661. The number of rotatable bonds is 5. The van der Waals surface area contributed by atoms with E-state index in [4.69, 9.17) is 19.4 Å². The number of hydrogen-bond donors (Lipinski definition) is 0. The lowest BCUT2D eigenvalue weighted by atomic mass is 9.82. The molecule has 0 unspecified atom stereocenters. The zero-order valence-corrected chi connectivity index (χ0v) is 32.5. The lowest BCUT2D eigenvalue weighted by Crippen LogP contribution is -2.14. The highest BCUT2D eigenvalue weighted by Gasteiger charge is 2.36. The summed E-state index contributed by atoms with van der Waals surface area (Å²) in [4.78, 5) is 15.0. The van der Waals surface area contributed by atoms with E-state index in [2.05, 4.69) is 134 Å². The minimum atomic E-state index is -0.112. The van der Waals surface area contributed by atoms with Gasteiger partial charge in [0.2, 0.25) is 0 Å². The molecule has 278 valence electrons. The normalized spacial score (nSPS) is 13.1. The average Bonchev–Trinajstić information content (AvgIpc) is 3.91. The maximum absolute atomic E-state index is 7.01. The number of nitrogens with zero attached hydrogens (tertiary/aromatic N) is 4. The van der Waals surface area contributed by atoms with Gasteiger partial charge in [0.25, 0.3) is 0 Å². The van der Waals surface area contributed by atoms with Crippen molar-refractivity contribution in [1.82, 2.24) is 19.5 Å². The molecule has 0 aliphatic heterocycles. The number of para-hydroxylation sites is 3. The molecule has 0 saturated carbocycles. The predicted octanol–water partition coefficient (Wildman–Crippen LogP) is 13.8. The first kappa shape index (κ1) is 33.5. The summed E-state index contributed by atoms with van der Waals surface area (Å²) in [6, 6.07) is 64.1. The molecule has 5 nitrogen and oxygen atoms in total. The summed E-state index contributed by atoms with van der Waals surface area (Å²) in [6.07, 6.45) is 0. The largest absolute Gasteiger partial charge is 0.455 e. The molecule has 3 heterocycles. The van der Waals surface area contributed by atoms with Crippen LogP contribution in [-0.4, -0.2) is 19.5 Å². The Kier molecular flexibility index (Phi) is 7.20. The van der Waals surface area contributed by atoms with Crippen LogP contribution in [0.25, 0.3) is 106 Å². The van der Waals surface area contributed by atoms with Gasteiger partial charge in [0.05, 0.1) is 16.6 Å². The van der Waals surface area contributed by atoms with Crippen LogP contribution in [0.3, 0.4) is 0 Å². The van der Waals surface area contributed by atoms with Crippen LogP contribution in [-0.2, 0) is 5.41 Å². The van der Waals surface area contributed by atoms with Crippen LogP contribution in [0, 0.1) is 0 Å². The standard InChI is InChI=1S/C54H36N4O/c1-54(2)45-27-13-12-22-38(45)42-32-48-44(31-46(42)54)43-30-35(28-29-47(43)58(48)36-20-10-5-11-21-36)37-23-14-24-39-40-25-15-26-41(50(40)59-49(37)39)53-56-51(33-16-6-3-7-17-33)55-52(57-53)34-18-8-4-9-19-34/h3-32H,1-2H3. The van der Waals surface area contributed by atoms with Crippen LogP contribution in [0.15, 0.2) is 186 Å². The SMILES string of the molecule is CC1(C)c2ccccc2-c2cc3c(cc21)c1cc(-c2cccc4c2oc2c(-c5nc(-c6ccccc6)nc(-c6ccccc6)n5)cccc24)ccc1n3-c1ccccc1. The highest BCUT2D eigenvalue weighted by molar-refractivity contribution is 6.15. The van der Waals surface area contributed by atoms with Crippen molar-refractivity contribution in [3.8, 4) is 62.1 Å². The first-order valence-electron chi connectivity index (χ1n) is 20.1. The number of aromatic nitrogens is 4. The first-order valence-corrected chi connectivity index (χ1v) is 20.1. The molecular weight excluding hydrogens is 721 g/mol. The quantitative estimate of drug-likeness (QED) is 0.175. The molecule has 0 saturated heterocycles. The minimum Gasteiger partial charge on any atom is -0.455 e. The third kappa shape index (κ3) is 5.08. The first-order chi connectivity index (χ1) is 29.0. The topological polar surface area (TPSA) is 56.7 Å². The summed E-state index contributed by atoms with van der Waals surface area (Å²) in [7, 11) is 0. The highest BCUT2D eigenvalue weighted by Crippen LogP contribution is 2.51. The second-order valence-electron chi connectivity index (χ2n) is 16.0. The Morgan fingerprint density at radius 1 is 0.390 bits per heavy atom. The molecule has 1 aliphatic carbocycles. The Bertz CT molecular complexity index is 3400. The fourth-order valence-corrected chi connectivity index (χ4v) is 9.39. The molecular formula is C54H36N4O. The molecule has 0 fully saturated rings. The van der Waals surface area contributed by atoms with Gasteiger partial charge in [0.1, 0.15) is 11.2 Å². The molecule has 59 heavy (non-hydrogen) atoms. The van der Waals surface area contributed by atoms with Crippen molar-refractivity contribution in [3.05, 3.63) is 193 Å². The molecule has 5 heteroatoms. The summed E-state index contributed by atoms with van der Waals surface area (Å²) in [6.45, 7) is 4.70. The highest BCUT2D eigenvalue weighted by atomic mass is 16.3. The minimum absolute atomic E-state index is 0.112. The van der Waals surface area contributed by atoms with Crippen LogP contribution in [0.1, 0.15) is 25.0 Å². The van der Waals surface area contributed by atoms with E-state index in [1.165, 1.54) is 44.1 Å². The van der Waals surface area contributed by atoms with Gasteiger partial charge in [-0.1, -0.05) is 153 Å². The van der Waals surface area contributed by atoms with Gasteiger partial charge in [-0.3, -0.25) is 0 Å². The van der Waals surface area contributed by atoms with Crippen LogP contribution < -0.4 is 0 Å². The van der Waals surface area contributed by atoms with Gasteiger partial charge in [-0.05, 0) is 70.3 Å². The maximum atomic E-state index is 7.01. The van der Waals surface area contributed by atoms with Crippen molar-refractivity contribution >= 4 is 43.7 Å². The van der Waals surface area contributed by atoms with Gasteiger partial charge >= 0.3 is 0 Å². The third-order valence-corrected chi connectivity index (χ3v) is 12.3.